The lowest BCUT2D eigenvalue weighted by molar-refractivity contribution is -0.138. The average Bonchev–Trinajstić information content (AvgIpc) is 2.78. The van der Waals surface area contributed by atoms with Crippen molar-refractivity contribution in [3.63, 3.8) is 0 Å². The summed E-state index contributed by atoms with van der Waals surface area (Å²) in [5.41, 5.74) is -1.66. The minimum atomic E-state index is -4.82. The molecule has 180 valence electrons. The lowest BCUT2D eigenvalue weighted by Gasteiger charge is -2.33. The molecule has 1 fully saturated rings. The number of carbonyl (C=O) groups excluding carboxylic acids is 1. The van der Waals surface area contributed by atoms with Crippen LogP contribution in [0.1, 0.15) is 47.7 Å². The number of carbonyl (C=O) groups is 1. The van der Waals surface area contributed by atoms with Crippen molar-refractivity contribution < 1.29 is 26.4 Å². The van der Waals surface area contributed by atoms with Gasteiger partial charge in [0.1, 0.15) is 0 Å². The third-order valence-corrected chi connectivity index (χ3v) is 8.23. The van der Waals surface area contributed by atoms with E-state index in [1.165, 1.54) is 31.2 Å². The standard InChI is InChI=1S/C23H26BrF3N2O3S/c1-3-21(30)15-11-20(23(25,26)27)19(14-29-10-4-5-17(13-29)28-2)22(12-15)33(31,32)18-8-6-16(24)7-9-18/h6-9,11-12,17,28H,3-5,10,13-14H2,1-2H3. The number of benzene rings is 2. The highest BCUT2D eigenvalue weighted by molar-refractivity contribution is 9.10. The van der Waals surface area contributed by atoms with Crippen LogP contribution in [0.3, 0.4) is 0 Å². The summed E-state index contributed by atoms with van der Waals surface area (Å²) in [5, 5.41) is 3.14. The van der Waals surface area contributed by atoms with E-state index in [1.807, 2.05) is 4.90 Å². The van der Waals surface area contributed by atoms with Gasteiger partial charge in [0.2, 0.25) is 9.84 Å². The summed E-state index contributed by atoms with van der Waals surface area (Å²) >= 11 is 3.24. The Morgan fingerprint density at radius 1 is 1.21 bits per heavy atom. The van der Waals surface area contributed by atoms with Gasteiger partial charge in [-0.3, -0.25) is 9.69 Å². The number of likely N-dealkylation sites (N-methyl/N-ethyl adjacent to an activating group) is 1. The summed E-state index contributed by atoms with van der Waals surface area (Å²) in [7, 11) is -2.52. The zero-order valence-corrected chi connectivity index (χ0v) is 20.8. The Balaban J connectivity index is 2.23. The highest BCUT2D eigenvalue weighted by Gasteiger charge is 2.38. The average molecular weight is 547 g/mol. The zero-order chi connectivity index (χ0) is 24.4. The van der Waals surface area contributed by atoms with Crippen LogP contribution in [0.25, 0.3) is 0 Å². The van der Waals surface area contributed by atoms with Crippen molar-refractivity contribution in [3.05, 3.63) is 57.6 Å². The van der Waals surface area contributed by atoms with Gasteiger partial charge >= 0.3 is 6.18 Å². The lowest BCUT2D eigenvalue weighted by Crippen LogP contribution is -2.44. The van der Waals surface area contributed by atoms with E-state index < -0.39 is 32.3 Å². The summed E-state index contributed by atoms with van der Waals surface area (Å²) in [6, 6.07) is 7.71. The predicted molar refractivity (Wildman–Crippen MR) is 123 cm³/mol. The van der Waals surface area contributed by atoms with Crippen LogP contribution in [0, 0.1) is 0 Å². The molecule has 0 aromatic heterocycles. The van der Waals surface area contributed by atoms with Gasteiger partial charge in [0.15, 0.2) is 5.78 Å². The number of piperidine rings is 1. The second-order valence-electron chi connectivity index (χ2n) is 8.10. The number of alkyl halides is 3. The molecule has 0 saturated carbocycles. The number of hydrogen-bond acceptors (Lipinski definition) is 5. The molecule has 1 aliphatic rings. The van der Waals surface area contributed by atoms with Gasteiger partial charge in [-0.1, -0.05) is 22.9 Å². The number of hydrogen-bond donors (Lipinski definition) is 1. The fourth-order valence-corrected chi connectivity index (χ4v) is 5.86. The molecular weight excluding hydrogens is 521 g/mol. The van der Waals surface area contributed by atoms with Crippen LogP contribution in [-0.4, -0.2) is 45.3 Å². The molecule has 1 saturated heterocycles. The van der Waals surface area contributed by atoms with E-state index in [0.29, 0.717) is 17.6 Å². The molecular formula is C23H26BrF3N2O3S. The largest absolute Gasteiger partial charge is 0.416 e. The topological polar surface area (TPSA) is 66.5 Å². The zero-order valence-electron chi connectivity index (χ0n) is 18.4. The summed E-state index contributed by atoms with van der Waals surface area (Å²) in [6.07, 6.45) is -3.17. The number of halogens is 4. The molecule has 0 spiro atoms. The van der Waals surface area contributed by atoms with Crippen molar-refractivity contribution in [2.45, 2.75) is 54.7 Å². The predicted octanol–water partition coefficient (Wildman–Crippen LogP) is 5.08. The molecule has 0 radical (unpaired) electrons. The van der Waals surface area contributed by atoms with E-state index in [1.54, 1.807) is 7.05 Å². The van der Waals surface area contributed by atoms with Gasteiger partial charge < -0.3 is 5.32 Å². The van der Waals surface area contributed by atoms with Crippen molar-refractivity contribution in [2.75, 3.05) is 20.1 Å². The molecule has 0 amide bonds. The SMILES string of the molecule is CCC(=O)c1cc(C(F)(F)F)c(CN2CCCC(NC)C2)c(S(=O)(=O)c2ccc(Br)cc2)c1. The van der Waals surface area contributed by atoms with Gasteiger partial charge in [-0.2, -0.15) is 13.2 Å². The molecule has 10 heteroatoms. The minimum Gasteiger partial charge on any atom is -0.316 e. The number of nitrogens with zero attached hydrogens (tertiary/aromatic N) is 1. The van der Waals surface area contributed by atoms with Gasteiger partial charge in [0.25, 0.3) is 0 Å². The van der Waals surface area contributed by atoms with Crippen LogP contribution in [0.15, 0.2) is 50.7 Å². The summed E-state index contributed by atoms with van der Waals surface area (Å²) < 4.78 is 70.2. The number of ketones is 1. The van der Waals surface area contributed by atoms with E-state index in [4.69, 9.17) is 0 Å². The second kappa shape index (κ2) is 10.2. The van der Waals surface area contributed by atoms with E-state index in [0.717, 1.165) is 25.0 Å². The molecule has 33 heavy (non-hydrogen) atoms. The molecule has 1 aliphatic heterocycles. The fourth-order valence-electron chi connectivity index (χ4n) is 4.07. The number of likely N-dealkylation sites (tertiary alicyclic amines) is 1. The third-order valence-electron chi connectivity index (χ3n) is 5.87. The van der Waals surface area contributed by atoms with Crippen LogP contribution >= 0.6 is 15.9 Å². The maximum absolute atomic E-state index is 14.2. The maximum Gasteiger partial charge on any atom is 0.416 e. The van der Waals surface area contributed by atoms with Gasteiger partial charge in [0, 0.05) is 35.6 Å². The van der Waals surface area contributed by atoms with Crippen molar-refractivity contribution in [3.8, 4) is 0 Å². The number of Topliss-reactive ketones (excluding diaryl/α,β-unsaturated/α-hetero) is 1. The minimum absolute atomic E-state index is 0.0373. The van der Waals surface area contributed by atoms with Crippen LogP contribution in [0.5, 0.6) is 0 Å². The lowest BCUT2D eigenvalue weighted by atomic mass is 9.98. The Bertz CT molecular complexity index is 1120. The normalized spacial score (nSPS) is 17.8. The molecule has 1 heterocycles. The highest BCUT2D eigenvalue weighted by Crippen LogP contribution is 2.39. The smallest absolute Gasteiger partial charge is 0.316 e. The quantitative estimate of drug-likeness (QED) is 0.490. The van der Waals surface area contributed by atoms with Crippen molar-refractivity contribution in [2.24, 2.45) is 0 Å². The Hall–Kier alpha value is -1.75. The summed E-state index contributed by atoms with van der Waals surface area (Å²) in [4.78, 5) is 13.6. The highest BCUT2D eigenvalue weighted by atomic mass is 79.9. The second-order valence-corrected chi connectivity index (χ2v) is 10.9. The van der Waals surface area contributed by atoms with Crippen molar-refractivity contribution >= 4 is 31.6 Å². The fraction of sp³-hybridized carbons (Fsp3) is 0.435. The van der Waals surface area contributed by atoms with E-state index in [-0.39, 0.29) is 35.0 Å². The van der Waals surface area contributed by atoms with Crippen LogP contribution < -0.4 is 5.32 Å². The van der Waals surface area contributed by atoms with Crippen molar-refractivity contribution in [1.82, 2.24) is 10.2 Å². The molecule has 2 aromatic carbocycles. The Labute approximate surface area is 200 Å². The van der Waals surface area contributed by atoms with E-state index in [2.05, 4.69) is 21.2 Å². The third kappa shape index (κ3) is 5.85. The maximum atomic E-state index is 14.2. The Morgan fingerprint density at radius 3 is 2.45 bits per heavy atom. The summed E-state index contributed by atoms with van der Waals surface area (Å²) in [6.45, 7) is 2.40. The first-order valence-corrected chi connectivity index (χ1v) is 12.9. The van der Waals surface area contributed by atoms with Gasteiger partial charge in [-0.05, 0) is 68.4 Å². The first-order chi connectivity index (χ1) is 15.5. The van der Waals surface area contributed by atoms with E-state index in [9.17, 15) is 26.4 Å². The van der Waals surface area contributed by atoms with E-state index >= 15 is 0 Å². The molecule has 3 rings (SSSR count). The number of rotatable bonds is 7. The first-order valence-electron chi connectivity index (χ1n) is 10.6. The molecule has 0 bridgehead atoms. The Kier molecular flexibility index (Phi) is 8.03. The number of sulfone groups is 1. The molecule has 1 atom stereocenters. The Morgan fingerprint density at radius 2 is 1.88 bits per heavy atom. The first kappa shape index (κ1) is 25.9. The number of nitrogens with one attached hydrogen (secondary N) is 1. The molecule has 5 nitrogen and oxygen atoms in total. The van der Waals surface area contributed by atoms with Crippen LogP contribution in [0.4, 0.5) is 13.2 Å². The van der Waals surface area contributed by atoms with Gasteiger partial charge in [0.05, 0.1) is 15.4 Å². The summed E-state index contributed by atoms with van der Waals surface area (Å²) in [5.74, 6) is -0.549. The van der Waals surface area contributed by atoms with Crippen LogP contribution in [0.2, 0.25) is 0 Å². The van der Waals surface area contributed by atoms with Gasteiger partial charge in [-0.25, -0.2) is 8.42 Å². The molecule has 2 aromatic rings. The molecule has 0 aliphatic carbocycles. The van der Waals surface area contributed by atoms with Crippen LogP contribution in [-0.2, 0) is 22.6 Å². The van der Waals surface area contributed by atoms with Crippen molar-refractivity contribution in [1.29, 1.82) is 0 Å². The van der Waals surface area contributed by atoms with Gasteiger partial charge in [-0.15, -0.1) is 0 Å². The molecule has 1 unspecified atom stereocenters. The monoisotopic (exact) mass is 546 g/mol. The molecule has 1 N–H and O–H groups in total.